The van der Waals surface area contributed by atoms with Crippen molar-refractivity contribution in [2.24, 2.45) is 5.41 Å². The predicted octanol–water partition coefficient (Wildman–Crippen LogP) is 7.83. The van der Waals surface area contributed by atoms with Gasteiger partial charge in [0.25, 0.3) is 5.91 Å². The Kier molecular flexibility index (Phi) is 12.9. The first-order valence-corrected chi connectivity index (χ1v) is 23.6. The number of ether oxygens (including phenoxy) is 2. The van der Waals surface area contributed by atoms with E-state index in [0.717, 1.165) is 17.3 Å². The van der Waals surface area contributed by atoms with E-state index in [-0.39, 0.29) is 37.4 Å². The molecule has 0 spiro atoms. The molecule has 2 aromatic carbocycles. The van der Waals surface area contributed by atoms with E-state index >= 15 is 4.79 Å². The van der Waals surface area contributed by atoms with Gasteiger partial charge in [-0.1, -0.05) is 46.8 Å². The van der Waals surface area contributed by atoms with Crippen molar-refractivity contribution in [1.29, 1.82) is 0 Å². The van der Waals surface area contributed by atoms with E-state index in [0.29, 0.717) is 70.1 Å². The monoisotopic (exact) mass is 930 g/mol. The van der Waals surface area contributed by atoms with Crippen molar-refractivity contribution in [3.8, 4) is 22.2 Å². The molecule has 7 rings (SSSR count). The number of aliphatic hydroxyl groups excluding tert-OH is 1. The van der Waals surface area contributed by atoms with Crippen molar-refractivity contribution in [3.05, 3.63) is 76.6 Å². The average molecular weight is 931 g/mol. The molecule has 2 saturated carbocycles. The predicted molar refractivity (Wildman–Crippen MR) is 236 cm³/mol. The van der Waals surface area contributed by atoms with E-state index in [4.69, 9.17) is 19.4 Å². The van der Waals surface area contributed by atoms with Crippen LogP contribution in [0.1, 0.15) is 95.9 Å². The number of carbonyl (C=O) groups is 2. The smallest absolute Gasteiger partial charge is 0.419 e. The summed E-state index contributed by atoms with van der Waals surface area (Å²) < 4.78 is 96.4. The number of amides is 2. The Morgan fingerprint density at radius 1 is 1.08 bits per heavy atom. The number of methoxy groups -OCH3 is 1. The third-order valence-electron chi connectivity index (χ3n) is 12.2. The quantitative estimate of drug-likeness (QED) is 0.0552. The number of halogens is 4. The minimum Gasteiger partial charge on any atom is -0.496 e. The number of hydrogen-bond donors (Lipinski definition) is 4. The Morgan fingerprint density at radius 3 is 2.39 bits per heavy atom. The summed E-state index contributed by atoms with van der Waals surface area (Å²) in [5, 5.41) is 20.7. The van der Waals surface area contributed by atoms with Gasteiger partial charge in [0.2, 0.25) is 15.9 Å². The topological polar surface area (TPSA) is 172 Å². The van der Waals surface area contributed by atoms with E-state index in [9.17, 15) is 35.9 Å². The molecule has 64 heavy (non-hydrogen) atoms. The fraction of sp³-hybridized carbons (Fsp3) is 0.511. The molecule has 3 heterocycles. The lowest BCUT2D eigenvalue weighted by atomic mass is 9.85. The summed E-state index contributed by atoms with van der Waals surface area (Å²) in [7, 11) is -2.42. The van der Waals surface area contributed by atoms with Crippen molar-refractivity contribution in [1.82, 2.24) is 24.9 Å². The molecular formula is C45H54F4N6O7S2. The number of sulfonamides is 1. The van der Waals surface area contributed by atoms with Crippen LogP contribution in [0.2, 0.25) is 0 Å². The maximum atomic E-state index is 15.0. The van der Waals surface area contributed by atoms with Crippen LogP contribution in [0.3, 0.4) is 0 Å². The lowest BCUT2D eigenvalue weighted by Gasteiger charge is -2.39. The molecule has 4 N–H and O–H groups in total. The molecule has 1 aliphatic heterocycles. The number of rotatable bonds is 14. The van der Waals surface area contributed by atoms with Crippen molar-refractivity contribution < 1.29 is 50.1 Å². The lowest BCUT2D eigenvalue weighted by molar-refractivity contribution is -0.140. The first kappa shape index (κ1) is 47.1. The second-order valence-electron chi connectivity index (χ2n) is 18.5. The van der Waals surface area contributed by atoms with Gasteiger partial charge in [0, 0.05) is 34.5 Å². The van der Waals surface area contributed by atoms with Gasteiger partial charge in [-0.2, -0.15) is 13.2 Å². The molecule has 0 radical (unpaired) electrons. The molecule has 5 atom stereocenters. The molecule has 0 bridgehead atoms. The minimum absolute atomic E-state index is 0.00636. The van der Waals surface area contributed by atoms with Crippen molar-refractivity contribution in [3.63, 3.8) is 0 Å². The van der Waals surface area contributed by atoms with E-state index in [1.165, 1.54) is 16.2 Å². The zero-order chi connectivity index (χ0) is 46.7. The third kappa shape index (κ3) is 9.72. The number of benzene rings is 2. The van der Waals surface area contributed by atoms with Gasteiger partial charge < -0.3 is 24.8 Å². The van der Waals surface area contributed by atoms with E-state index in [1.54, 1.807) is 40.0 Å². The Labute approximate surface area is 374 Å². The molecule has 3 fully saturated rings. The Morgan fingerprint density at radius 2 is 1.80 bits per heavy atom. The van der Waals surface area contributed by atoms with Gasteiger partial charge in [0.15, 0.2) is 0 Å². The van der Waals surface area contributed by atoms with Crippen LogP contribution < -0.4 is 24.8 Å². The number of fused-ring (bicyclic) bond motifs is 1. The number of nitrogens with one attached hydrogen (secondary N) is 3. The summed E-state index contributed by atoms with van der Waals surface area (Å²) >= 11 is 1.43. The number of pyridine rings is 1. The van der Waals surface area contributed by atoms with Crippen LogP contribution in [-0.2, 0) is 25.8 Å². The second-order valence-corrected chi connectivity index (χ2v) is 21.3. The SMILES string of the molecule is C=C1CC[C@](NC(O)[C@@H]2C[C@@H](Oc3cc(-c4nc(C(C)C)cs4)nc4c(C)c(OC)ccc34)CN2C(=O)[C@@H](Nc2ccc(F)c(C(F)(F)F)c2)C(C)(C)C)(C(=O)NS(=O)(=O)C2CC2)C1. The standard InChI is InChI=1S/C45H54F4N6O7S2/c1-23(2)33-22-63-40(52-33)32-19-36(29-12-14-35(61-8)25(4)37(29)51-32)62-27-18-34(39(56)53-44(16-15-24(3)20-44)42(58)54-64(59,60)28-10-11-28)55(21-27)41(57)38(43(5,6)7)50-26-9-13-31(46)30(17-26)45(47,48)49/h9,12-14,17,19,22-23,27-28,34,38-39,50,53,56H,3,10-11,15-16,18,20-21H2,1-2,4-8H3,(H,54,58)/t27-,34+,38-,39?,44-/m1/s1. The lowest BCUT2D eigenvalue weighted by Crippen LogP contribution is -2.64. The molecule has 13 nitrogen and oxygen atoms in total. The van der Waals surface area contributed by atoms with Crippen molar-refractivity contribution in [2.45, 2.75) is 127 Å². The van der Waals surface area contributed by atoms with Crippen LogP contribution in [0.15, 0.2) is 53.9 Å². The van der Waals surface area contributed by atoms with Crippen LogP contribution in [0, 0.1) is 18.2 Å². The number of aryl methyl sites for hydroxylation is 1. The molecule has 2 aliphatic carbocycles. The Bertz CT molecular complexity index is 2580. The van der Waals surface area contributed by atoms with Crippen molar-refractivity contribution in [2.75, 3.05) is 19.0 Å². The molecule has 3 aliphatic rings. The highest BCUT2D eigenvalue weighted by Gasteiger charge is 2.51. The largest absolute Gasteiger partial charge is 0.496 e. The summed E-state index contributed by atoms with van der Waals surface area (Å²) in [4.78, 5) is 40.1. The first-order valence-electron chi connectivity index (χ1n) is 21.1. The van der Waals surface area contributed by atoms with Gasteiger partial charge >= 0.3 is 6.18 Å². The van der Waals surface area contributed by atoms with Gasteiger partial charge in [-0.05, 0) is 80.7 Å². The maximum Gasteiger partial charge on any atom is 0.419 e. The normalized spacial score (nSPS) is 21.6. The highest BCUT2D eigenvalue weighted by atomic mass is 32.2. The van der Waals surface area contributed by atoms with Gasteiger partial charge in [0.1, 0.15) is 51.9 Å². The minimum atomic E-state index is -5.01. The summed E-state index contributed by atoms with van der Waals surface area (Å²) in [6, 6.07) is 5.40. The van der Waals surface area contributed by atoms with Gasteiger partial charge in [0.05, 0.1) is 41.7 Å². The number of aliphatic hydroxyl groups is 1. The summed E-state index contributed by atoms with van der Waals surface area (Å²) in [5.74, 6) is -1.79. The molecular weight excluding hydrogens is 877 g/mol. The maximum absolute atomic E-state index is 15.0. The highest BCUT2D eigenvalue weighted by Crippen LogP contribution is 2.41. The fourth-order valence-corrected chi connectivity index (χ4v) is 10.7. The van der Waals surface area contributed by atoms with Crippen LogP contribution in [0.5, 0.6) is 11.5 Å². The number of likely N-dealkylation sites (tertiary alicyclic amines) is 1. The van der Waals surface area contributed by atoms with Crippen LogP contribution in [0.25, 0.3) is 21.6 Å². The van der Waals surface area contributed by atoms with Gasteiger partial charge in [-0.25, -0.2) is 22.8 Å². The van der Waals surface area contributed by atoms with Gasteiger partial charge in [-0.15, -0.1) is 11.3 Å². The third-order valence-corrected chi connectivity index (χ3v) is 14.9. The number of carbonyl (C=O) groups excluding carboxylic acids is 2. The van der Waals surface area contributed by atoms with Crippen LogP contribution in [0.4, 0.5) is 23.2 Å². The molecule has 2 aromatic heterocycles. The van der Waals surface area contributed by atoms with E-state index < -0.39 is 80.0 Å². The number of anilines is 1. The zero-order valence-electron chi connectivity index (χ0n) is 36.7. The number of hydrogen-bond acceptors (Lipinski definition) is 12. The number of alkyl halides is 3. The summed E-state index contributed by atoms with van der Waals surface area (Å²) in [6.45, 7) is 15.0. The van der Waals surface area contributed by atoms with Crippen LogP contribution >= 0.6 is 11.3 Å². The second kappa shape index (κ2) is 17.5. The number of aromatic nitrogens is 2. The van der Waals surface area contributed by atoms with E-state index in [2.05, 4.69) is 21.9 Å². The zero-order valence-corrected chi connectivity index (χ0v) is 38.4. The summed E-state index contributed by atoms with van der Waals surface area (Å²) in [5.41, 5.74) is -0.842. The molecule has 346 valence electrons. The fourth-order valence-electron chi connectivity index (χ4n) is 8.38. The van der Waals surface area contributed by atoms with Gasteiger partial charge in [-0.3, -0.25) is 19.6 Å². The molecule has 19 heteroatoms. The highest BCUT2D eigenvalue weighted by molar-refractivity contribution is 7.91. The first-order chi connectivity index (χ1) is 29.9. The average Bonchev–Trinajstić information content (AvgIpc) is 3.63. The van der Waals surface area contributed by atoms with Crippen LogP contribution in [-0.4, -0.2) is 89.1 Å². The van der Waals surface area contributed by atoms with Crippen molar-refractivity contribution >= 4 is 49.8 Å². The number of nitrogens with zero attached hydrogens (tertiary/aromatic N) is 3. The molecule has 1 unspecified atom stereocenters. The molecule has 2 amide bonds. The Balaban J connectivity index is 1.27. The Hall–Kier alpha value is -4.85. The van der Waals surface area contributed by atoms with E-state index in [1.807, 2.05) is 32.2 Å². The number of thiazole rings is 1. The molecule has 4 aromatic rings. The summed E-state index contributed by atoms with van der Waals surface area (Å²) in [6.07, 6.45) is -6.15. The molecule has 1 saturated heterocycles.